The summed E-state index contributed by atoms with van der Waals surface area (Å²) in [5.74, 6) is -1.96. The Kier molecular flexibility index (Phi) is 6.89. The fourth-order valence-electron chi connectivity index (χ4n) is 4.54. The number of ether oxygens (including phenoxy) is 1. The highest BCUT2D eigenvalue weighted by Gasteiger charge is 2.43. The van der Waals surface area contributed by atoms with Crippen molar-refractivity contribution < 1.29 is 32.3 Å². The van der Waals surface area contributed by atoms with Gasteiger partial charge in [0.2, 0.25) is 0 Å². The second-order valence-electron chi connectivity index (χ2n) is 10.2. The monoisotopic (exact) mass is 509 g/mol. The van der Waals surface area contributed by atoms with E-state index in [4.69, 9.17) is 4.74 Å². The maximum atomic E-state index is 12.9. The Balaban J connectivity index is 1.37. The van der Waals surface area contributed by atoms with Gasteiger partial charge in [-0.25, -0.2) is 9.78 Å². The largest absolute Gasteiger partial charge is 0.471 e. The summed E-state index contributed by atoms with van der Waals surface area (Å²) in [7, 11) is 0. The minimum absolute atomic E-state index is 0.000823. The Bertz CT molecular complexity index is 1140. The summed E-state index contributed by atoms with van der Waals surface area (Å²) in [6, 6.07) is 5.76. The number of piperazine rings is 1. The van der Waals surface area contributed by atoms with E-state index >= 15 is 0 Å². The van der Waals surface area contributed by atoms with E-state index in [0.717, 1.165) is 18.4 Å². The first kappa shape index (κ1) is 25.8. The third-order valence-electron chi connectivity index (χ3n) is 6.42. The summed E-state index contributed by atoms with van der Waals surface area (Å²) in [6.45, 7) is 6.32. The molecule has 3 amide bonds. The van der Waals surface area contributed by atoms with Gasteiger partial charge in [-0.15, -0.1) is 0 Å². The Hall–Kier alpha value is -3.31. The van der Waals surface area contributed by atoms with Crippen LogP contribution in [0.3, 0.4) is 0 Å². The number of amides is 3. The lowest BCUT2D eigenvalue weighted by atomic mass is 9.89. The molecular weight excluding hydrogens is 479 g/mol. The molecule has 1 N–H and O–H groups in total. The van der Waals surface area contributed by atoms with Crippen LogP contribution in [0.1, 0.15) is 55.7 Å². The van der Waals surface area contributed by atoms with Crippen LogP contribution in [-0.4, -0.2) is 93.6 Å². The molecule has 36 heavy (non-hydrogen) atoms. The molecule has 2 saturated heterocycles. The first-order valence-electron chi connectivity index (χ1n) is 11.9. The smallest absolute Gasteiger partial charge is 0.444 e. The molecule has 2 aliphatic rings. The van der Waals surface area contributed by atoms with Crippen LogP contribution in [0.2, 0.25) is 0 Å². The van der Waals surface area contributed by atoms with Crippen LogP contribution in [0, 0.1) is 0 Å². The molecule has 0 aliphatic carbocycles. The van der Waals surface area contributed by atoms with E-state index in [9.17, 15) is 27.6 Å². The minimum atomic E-state index is -4.92. The predicted octanol–water partition coefficient (Wildman–Crippen LogP) is 3.52. The molecule has 0 atom stereocenters. The third-order valence-corrected chi connectivity index (χ3v) is 6.42. The molecule has 0 saturated carbocycles. The number of piperidine rings is 1. The number of imidazole rings is 1. The molecule has 2 aliphatic heterocycles. The molecule has 2 fully saturated rings. The van der Waals surface area contributed by atoms with Crippen LogP contribution in [0.15, 0.2) is 18.2 Å². The number of carbonyl (C=O) groups is 3. The van der Waals surface area contributed by atoms with Crippen LogP contribution < -0.4 is 0 Å². The molecule has 2 aromatic rings. The van der Waals surface area contributed by atoms with E-state index in [0.29, 0.717) is 29.0 Å². The van der Waals surface area contributed by atoms with Gasteiger partial charge in [0.25, 0.3) is 5.91 Å². The average molecular weight is 510 g/mol. The molecule has 196 valence electrons. The number of hydrogen-bond acceptors (Lipinski definition) is 5. The molecule has 1 aromatic carbocycles. The van der Waals surface area contributed by atoms with Gasteiger partial charge in [-0.3, -0.25) is 9.59 Å². The normalized spacial score (nSPS) is 18.0. The highest BCUT2D eigenvalue weighted by Crippen LogP contribution is 2.30. The molecule has 4 rings (SSSR count). The van der Waals surface area contributed by atoms with Crippen molar-refractivity contribution in [1.29, 1.82) is 0 Å². The average Bonchev–Trinajstić information content (AvgIpc) is 3.25. The second-order valence-corrected chi connectivity index (χ2v) is 10.2. The Morgan fingerprint density at radius 1 is 0.944 bits per heavy atom. The Morgan fingerprint density at radius 3 is 2.14 bits per heavy atom. The number of hydrogen-bond donors (Lipinski definition) is 1. The lowest BCUT2D eigenvalue weighted by Crippen LogP contribution is -2.53. The standard InChI is InChI=1S/C24H30F3N5O4/c1-23(2,3)36-22(35)32-8-6-15(7-9-32)16-4-5-17-18(14-16)29-19(28-17)20(33)30-10-12-31(13-11-30)21(34)24(25,26)27/h4-5,14-15H,6-13H2,1-3H3,(H,28,29). The van der Waals surface area contributed by atoms with Crippen LogP contribution in [0.25, 0.3) is 11.0 Å². The van der Waals surface area contributed by atoms with Gasteiger partial charge in [-0.05, 0) is 57.2 Å². The molecule has 0 unspecified atom stereocenters. The number of rotatable bonds is 2. The van der Waals surface area contributed by atoms with Crippen molar-refractivity contribution in [2.45, 2.75) is 51.3 Å². The van der Waals surface area contributed by atoms with Crippen molar-refractivity contribution in [3.8, 4) is 0 Å². The van der Waals surface area contributed by atoms with Gasteiger partial charge in [-0.2, -0.15) is 13.2 Å². The molecule has 12 heteroatoms. The topological polar surface area (TPSA) is 98.8 Å². The lowest BCUT2D eigenvalue weighted by Gasteiger charge is -2.34. The van der Waals surface area contributed by atoms with Gasteiger partial charge in [0.15, 0.2) is 5.82 Å². The lowest BCUT2D eigenvalue weighted by molar-refractivity contribution is -0.186. The first-order valence-corrected chi connectivity index (χ1v) is 11.9. The fourth-order valence-corrected chi connectivity index (χ4v) is 4.54. The summed E-state index contributed by atoms with van der Waals surface area (Å²) < 4.78 is 43.4. The van der Waals surface area contributed by atoms with Crippen molar-refractivity contribution in [2.24, 2.45) is 0 Å². The Labute approximate surface area is 206 Å². The van der Waals surface area contributed by atoms with E-state index < -0.39 is 23.6 Å². The molecular formula is C24H30F3N5O4. The van der Waals surface area contributed by atoms with Crippen molar-refractivity contribution in [2.75, 3.05) is 39.3 Å². The summed E-state index contributed by atoms with van der Waals surface area (Å²) in [5.41, 5.74) is 1.83. The maximum Gasteiger partial charge on any atom is 0.471 e. The van der Waals surface area contributed by atoms with Gasteiger partial charge in [0.1, 0.15) is 5.60 Å². The number of H-pyrrole nitrogens is 1. The summed E-state index contributed by atoms with van der Waals surface area (Å²) in [5, 5.41) is 0. The molecule has 3 heterocycles. The zero-order valence-electron chi connectivity index (χ0n) is 20.5. The van der Waals surface area contributed by atoms with E-state index in [1.54, 1.807) is 4.90 Å². The van der Waals surface area contributed by atoms with E-state index in [1.807, 2.05) is 39.0 Å². The SMILES string of the molecule is CC(C)(C)OC(=O)N1CCC(c2ccc3[nH]c(C(=O)N4CCN(C(=O)C(F)(F)F)CC4)nc3c2)CC1. The van der Waals surface area contributed by atoms with E-state index in [-0.39, 0.29) is 44.0 Å². The number of nitrogens with zero attached hydrogens (tertiary/aromatic N) is 4. The molecule has 1 aromatic heterocycles. The number of likely N-dealkylation sites (tertiary alicyclic amines) is 1. The number of aromatic nitrogens is 2. The van der Waals surface area contributed by atoms with Crippen LogP contribution in [-0.2, 0) is 9.53 Å². The maximum absolute atomic E-state index is 12.9. The number of fused-ring (bicyclic) bond motifs is 1. The zero-order valence-corrected chi connectivity index (χ0v) is 20.5. The van der Waals surface area contributed by atoms with Crippen molar-refractivity contribution >= 4 is 28.9 Å². The van der Waals surface area contributed by atoms with Crippen molar-refractivity contribution in [1.82, 2.24) is 24.7 Å². The van der Waals surface area contributed by atoms with Gasteiger partial charge >= 0.3 is 18.2 Å². The molecule has 9 nitrogen and oxygen atoms in total. The highest BCUT2D eigenvalue weighted by molar-refractivity contribution is 5.94. The van der Waals surface area contributed by atoms with Gasteiger partial charge in [0.05, 0.1) is 11.0 Å². The third kappa shape index (κ3) is 5.73. The Morgan fingerprint density at radius 2 is 1.56 bits per heavy atom. The van der Waals surface area contributed by atoms with E-state index in [2.05, 4.69) is 9.97 Å². The fraction of sp³-hybridized carbons (Fsp3) is 0.583. The van der Waals surface area contributed by atoms with Crippen LogP contribution >= 0.6 is 0 Å². The minimum Gasteiger partial charge on any atom is -0.444 e. The molecule has 0 spiro atoms. The first-order chi connectivity index (χ1) is 16.8. The van der Waals surface area contributed by atoms with Gasteiger partial charge in [-0.1, -0.05) is 6.07 Å². The predicted molar refractivity (Wildman–Crippen MR) is 124 cm³/mol. The summed E-state index contributed by atoms with van der Waals surface area (Å²) >= 11 is 0. The number of alkyl halides is 3. The number of carbonyl (C=O) groups excluding carboxylic acids is 3. The van der Waals surface area contributed by atoms with Crippen LogP contribution in [0.5, 0.6) is 0 Å². The summed E-state index contributed by atoms with van der Waals surface area (Å²) in [4.78, 5) is 47.8. The van der Waals surface area contributed by atoms with Crippen LogP contribution in [0.4, 0.5) is 18.0 Å². The zero-order chi connectivity index (χ0) is 26.3. The number of benzene rings is 1. The molecule has 0 bridgehead atoms. The molecule has 0 radical (unpaired) electrons. The number of aromatic amines is 1. The quantitative estimate of drug-likeness (QED) is 0.668. The van der Waals surface area contributed by atoms with E-state index in [1.165, 1.54) is 4.90 Å². The van der Waals surface area contributed by atoms with Gasteiger partial charge in [0, 0.05) is 39.3 Å². The summed E-state index contributed by atoms with van der Waals surface area (Å²) in [6.07, 6.45) is -3.67. The van der Waals surface area contributed by atoms with Crippen molar-refractivity contribution in [3.05, 3.63) is 29.6 Å². The van der Waals surface area contributed by atoms with Gasteiger partial charge < -0.3 is 24.4 Å². The van der Waals surface area contributed by atoms with Crippen molar-refractivity contribution in [3.63, 3.8) is 0 Å². The second kappa shape index (κ2) is 9.62. The number of halogens is 3. The highest BCUT2D eigenvalue weighted by atomic mass is 19.4. The number of nitrogens with one attached hydrogen (secondary N) is 1.